The van der Waals surface area contributed by atoms with Crippen LogP contribution in [0.3, 0.4) is 0 Å². The highest BCUT2D eigenvalue weighted by atomic mass is 35.5. The smallest absolute Gasteiger partial charge is 0.123 e. The van der Waals surface area contributed by atoms with Crippen LogP contribution in [0.5, 0.6) is 0 Å². The quantitative estimate of drug-likeness (QED) is 0.523. The minimum atomic E-state index is -1.07. The number of halogens is 8. The lowest BCUT2D eigenvalue weighted by Crippen LogP contribution is -2.48. The number of alkyl halides is 8. The average molecular weight is 414 g/mol. The number of rotatable bonds is 3. The second-order valence-electron chi connectivity index (χ2n) is 5.03. The molecule has 2 fully saturated rings. The molecule has 8 heteroatoms. The van der Waals surface area contributed by atoms with E-state index in [0.717, 1.165) is 0 Å². The van der Waals surface area contributed by atoms with Crippen LogP contribution >= 0.6 is 92.8 Å². The summed E-state index contributed by atoms with van der Waals surface area (Å²) in [6.07, 6.45) is 0.336. The summed E-state index contributed by atoms with van der Waals surface area (Å²) >= 11 is 50.3. The largest absolute Gasteiger partial charge is 0.126 e. The molecule has 2 rings (SSSR count). The van der Waals surface area contributed by atoms with E-state index in [1.165, 1.54) is 0 Å². The fourth-order valence-electron chi connectivity index (χ4n) is 3.60. The van der Waals surface area contributed by atoms with Gasteiger partial charge in [0, 0.05) is 28.5 Å². The van der Waals surface area contributed by atoms with Crippen molar-refractivity contribution in [3.05, 3.63) is 0 Å². The summed E-state index contributed by atoms with van der Waals surface area (Å²) < 4.78 is -1.07. The average Bonchev–Trinajstić information content (AvgIpc) is 2.62. The molecular formula is C10H10Cl8. The molecule has 106 valence electrons. The number of hydrogen-bond acceptors (Lipinski definition) is 0. The highest BCUT2D eigenvalue weighted by molar-refractivity contribution is 6.51. The van der Waals surface area contributed by atoms with Gasteiger partial charge in [-0.15, -0.1) is 92.8 Å². The van der Waals surface area contributed by atoms with Crippen LogP contribution < -0.4 is 0 Å². The fraction of sp³-hybridized carbons (Fsp3) is 1.00. The van der Waals surface area contributed by atoms with Gasteiger partial charge in [0.2, 0.25) is 0 Å². The predicted octanol–water partition coefficient (Wildman–Crippen LogP) is 5.66. The van der Waals surface area contributed by atoms with Crippen molar-refractivity contribution in [2.24, 2.45) is 16.7 Å². The number of fused-ring (bicyclic) bond motifs is 2. The molecule has 0 radical (unpaired) electrons. The number of hydrogen-bond donors (Lipinski definition) is 0. The third-order valence-corrected chi connectivity index (χ3v) is 8.23. The Bertz CT molecular complexity index is 339. The standard InChI is InChI=1S/C10H10Cl8/c11-2-8(3-12)5-4(13)6(14)9(8,7(15)16)1-10(5,17)18/h4-7H,1-3H2/t4-,5-,6-,9?/m1/s1. The lowest BCUT2D eigenvalue weighted by atomic mass is 9.70. The van der Waals surface area contributed by atoms with Crippen LogP contribution in [0.2, 0.25) is 0 Å². The Kier molecular flexibility index (Phi) is 4.82. The summed E-state index contributed by atoms with van der Waals surface area (Å²) in [5.74, 6) is 0.0858. The first-order valence-electron chi connectivity index (χ1n) is 5.27. The van der Waals surface area contributed by atoms with Gasteiger partial charge in [-0.2, -0.15) is 0 Å². The van der Waals surface area contributed by atoms with Crippen molar-refractivity contribution >= 4 is 92.8 Å². The van der Waals surface area contributed by atoms with Gasteiger partial charge < -0.3 is 0 Å². The first-order valence-corrected chi connectivity index (χ1v) is 8.84. The van der Waals surface area contributed by atoms with Gasteiger partial charge in [-0.25, -0.2) is 0 Å². The molecule has 18 heavy (non-hydrogen) atoms. The minimum absolute atomic E-state index is 0.213. The lowest BCUT2D eigenvalue weighted by Gasteiger charge is -2.43. The van der Waals surface area contributed by atoms with Crippen LogP contribution in [0, 0.1) is 16.7 Å². The van der Waals surface area contributed by atoms with Gasteiger partial charge in [0.15, 0.2) is 0 Å². The van der Waals surface area contributed by atoms with E-state index in [9.17, 15) is 0 Å². The second kappa shape index (κ2) is 5.20. The Hall–Kier alpha value is 2.32. The van der Waals surface area contributed by atoms with Gasteiger partial charge in [0.25, 0.3) is 0 Å². The van der Waals surface area contributed by atoms with Crippen LogP contribution in [0.1, 0.15) is 6.42 Å². The molecule has 0 nitrogen and oxygen atoms in total. The molecule has 0 amide bonds. The fourth-order valence-corrected chi connectivity index (χ4v) is 8.21. The minimum Gasteiger partial charge on any atom is -0.126 e. The van der Waals surface area contributed by atoms with Crippen molar-refractivity contribution in [3.63, 3.8) is 0 Å². The molecule has 1 unspecified atom stereocenters. The van der Waals surface area contributed by atoms with Crippen molar-refractivity contribution in [3.8, 4) is 0 Å². The molecule has 2 aliphatic rings. The normalized spacial score (nSPS) is 44.8. The van der Waals surface area contributed by atoms with E-state index < -0.39 is 30.8 Å². The molecule has 0 N–H and O–H groups in total. The van der Waals surface area contributed by atoms with Gasteiger partial charge >= 0.3 is 0 Å². The highest BCUT2D eigenvalue weighted by Gasteiger charge is 2.80. The van der Waals surface area contributed by atoms with E-state index >= 15 is 0 Å². The van der Waals surface area contributed by atoms with Gasteiger partial charge in [0.05, 0.1) is 10.8 Å². The van der Waals surface area contributed by atoms with Gasteiger partial charge in [0.1, 0.15) is 9.17 Å². The Morgan fingerprint density at radius 1 is 1.06 bits per heavy atom. The summed E-state index contributed by atoms with van der Waals surface area (Å²) in [5.41, 5.74) is -1.44. The molecule has 2 bridgehead atoms. The third kappa shape index (κ3) is 1.80. The van der Waals surface area contributed by atoms with Gasteiger partial charge in [-0.1, -0.05) is 0 Å². The van der Waals surface area contributed by atoms with Gasteiger partial charge in [-0.05, 0) is 6.42 Å². The Morgan fingerprint density at radius 2 is 1.56 bits per heavy atom. The molecule has 0 aliphatic heterocycles. The van der Waals surface area contributed by atoms with Crippen LogP contribution in [0.15, 0.2) is 0 Å². The summed E-state index contributed by atoms with van der Waals surface area (Å²) in [7, 11) is 0. The summed E-state index contributed by atoms with van der Waals surface area (Å²) in [4.78, 5) is -0.789. The SMILES string of the molecule is ClCC1(CCl)[C@H]2[C@@H](Cl)[C@@H](Cl)C1(C(Cl)Cl)CC2(Cl)Cl. The maximum absolute atomic E-state index is 6.44. The van der Waals surface area contributed by atoms with E-state index in [1.807, 2.05) is 0 Å². The monoisotopic (exact) mass is 410 g/mol. The Labute approximate surface area is 146 Å². The summed E-state index contributed by atoms with van der Waals surface area (Å²) in [6.45, 7) is 0. The van der Waals surface area contributed by atoms with Crippen molar-refractivity contribution in [1.82, 2.24) is 0 Å². The Balaban J connectivity index is 2.65. The molecule has 0 aromatic carbocycles. The molecule has 0 aromatic heterocycles. The molecule has 0 saturated heterocycles. The van der Waals surface area contributed by atoms with Gasteiger partial charge in [-0.3, -0.25) is 0 Å². The summed E-state index contributed by atoms with van der Waals surface area (Å²) in [5, 5.41) is -0.930. The van der Waals surface area contributed by atoms with E-state index in [0.29, 0.717) is 6.42 Å². The molecule has 0 heterocycles. The van der Waals surface area contributed by atoms with Crippen molar-refractivity contribution in [1.29, 1.82) is 0 Å². The predicted molar refractivity (Wildman–Crippen MR) is 83.6 cm³/mol. The molecular weight excluding hydrogens is 404 g/mol. The zero-order chi connectivity index (χ0) is 13.9. The van der Waals surface area contributed by atoms with Crippen LogP contribution in [-0.2, 0) is 0 Å². The molecule has 0 spiro atoms. The van der Waals surface area contributed by atoms with Crippen LogP contribution in [0.25, 0.3) is 0 Å². The Morgan fingerprint density at radius 3 is 1.89 bits per heavy atom. The molecule has 2 saturated carbocycles. The topological polar surface area (TPSA) is 0 Å². The first kappa shape index (κ1) is 16.7. The van der Waals surface area contributed by atoms with Crippen molar-refractivity contribution in [2.45, 2.75) is 26.3 Å². The zero-order valence-electron chi connectivity index (χ0n) is 8.95. The highest BCUT2D eigenvalue weighted by Crippen LogP contribution is 2.77. The molecule has 0 aromatic rings. The first-order chi connectivity index (χ1) is 8.21. The maximum Gasteiger partial charge on any atom is 0.123 e. The van der Waals surface area contributed by atoms with E-state index in [-0.39, 0.29) is 17.7 Å². The zero-order valence-corrected chi connectivity index (χ0v) is 15.0. The van der Waals surface area contributed by atoms with Crippen LogP contribution in [0.4, 0.5) is 0 Å². The maximum atomic E-state index is 6.44. The molecule has 2 aliphatic carbocycles. The van der Waals surface area contributed by atoms with Crippen molar-refractivity contribution < 1.29 is 0 Å². The van der Waals surface area contributed by atoms with Crippen LogP contribution in [-0.4, -0.2) is 31.7 Å². The van der Waals surface area contributed by atoms with E-state index in [4.69, 9.17) is 92.8 Å². The molecule has 4 atom stereocenters. The summed E-state index contributed by atoms with van der Waals surface area (Å²) in [6, 6.07) is 0. The van der Waals surface area contributed by atoms with Crippen molar-refractivity contribution in [2.75, 3.05) is 11.8 Å². The third-order valence-electron chi connectivity index (χ3n) is 4.46. The second-order valence-corrected chi connectivity index (χ2v) is 9.17. The lowest BCUT2D eigenvalue weighted by molar-refractivity contribution is 0.156. The van der Waals surface area contributed by atoms with E-state index in [2.05, 4.69) is 0 Å². The van der Waals surface area contributed by atoms with E-state index in [1.54, 1.807) is 0 Å².